The van der Waals surface area contributed by atoms with Crippen LogP contribution < -0.4 is 4.74 Å². The van der Waals surface area contributed by atoms with Crippen molar-refractivity contribution >= 4 is 11.3 Å². The SMILES string of the molecule is c1cncc(OC[C@@H]2CN(Cc3cccs3)Cc3nccn3C2)c1. The minimum absolute atomic E-state index is 0.417. The van der Waals surface area contributed by atoms with Crippen molar-refractivity contribution in [1.82, 2.24) is 19.4 Å². The lowest BCUT2D eigenvalue weighted by molar-refractivity contribution is 0.168. The third kappa shape index (κ3) is 3.66. The van der Waals surface area contributed by atoms with Crippen LogP contribution in [0.25, 0.3) is 0 Å². The van der Waals surface area contributed by atoms with Gasteiger partial charge >= 0.3 is 0 Å². The molecular weight excluding hydrogens is 320 g/mol. The summed E-state index contributed by atoms with van der Waals surface area (Å²) in [5.41, 5.74) is 0. The van der Waals surface area contributed by atoms with Crippen molar-refractivity contribution in [2.45, 2.75) is 19.6 Å². The fraction of sp³-hybridized carbons (Fsp3) is 0.333. The highest BCUT2D eigenvalue weighted by Crippen LogP contribution is 2.20. The standard InChI is InChI=1S/C18H20N4OS/c1-3-16(9-19-5-1)23-14-15-10-21(12-17-4-2-8-24-17)13-18-20-6-7-22(18)11-15/h1-9,15H,10-14H2/t15-/m1/s1. The quantitative estimate of drug-likeness (QED) is 0.716. The second kappa shape index (κ2) is 7.15. The molecule has 24 heavy (non-hydrogen) atoms. The maximum atomic E-state index is 5.96. The Morgan fingerprint density at radius 1 is 1.21 bits per heavy atom. The van der Waals surface area contributed by atoms with Crippen molar-refractivity contribution < 1.29 is 4.74 Å². The van der Waals surface area contributed by atoms with Crippen LogP contribution in [0.5, 0.6) is 5.75 Å². The summed E-state index contributed by atoms with van der Waals surface area (Å²) in [7, 11) is 0. The van der Waals surface area contributed by atoms with Crippen LogP contribution in [0, 0.1) is 5.92 Å². The van der Waals surface area contributed by atoms with Gasteiger partial charge in [0.05, 0.1) is 19.3 Å². The molecule has 3 aromatic heterocycles. The lowest BCUT2D eigenvalue weighted by Gasteiger charge is -2.23. The van der Waals surface area contributed by atoms with Gasteiger partial charge in [-0.1, -0.05) is 6.07 Å². The van der Waals surface area contributed by atoms with Crippen molar-refractivity contribution in [3.63, 3.8) is 0 Å². The second-order valence-corrected chi connectivity index (χ2v) is 7.14. The third-order valence-electron chi connectivity index (χ3n) is 4.22. The van der Waals surface area contributed by atoms with E-state index in [0.29, 0.717) is 12.5 Å². The molecule has 0 amide bonds. The largest absolute Gasteiger partial charge is 0.492 e. The number of nitrogens with zero attached hydrogens (tertiary/aromatic N) is 4. The second-order valence-electron chi connectivity index (χ2n) is 6.11. The van der Waals surface area contributed by atoms with Crippen LogP contribution in [-0.2, 0) is 19.6 Å². The van der Waals surface area contributed by atoms with E-state index >= 15 is 0 Å². The Kier molecular flexibility index (Phi) is 4.57. The lowest BCUT2D eigenvalue weighted by Crippen LogP contribution is -2.30. The first-order chi connectivity index (χ1) is 11.9. The fourth-order valence-electron chi connectivity index (χ4n) is 3.12. The van der Waals surface area contributed by atoms with Gasteiger partial charge in [-0.3, -0.25) is 9.88 Å². The number of thiophene rings is 1. The molecule has 0 radical (unpaired) electrons. The molecule has 1 aliphatic heterocycles. The third-order valence-corrected chi connectivity index (χ3v) is 5.08. The number of hydrogen-bond acceptors (Lipinski definition) is 5. The van der Waals surface area contributed by atoms with Gasteiger partial charge in [0.25, 0.3) is 0 Å². The normalized spacial score (nSPS) is 18.1. The van der Waals surface area contributed by atoms with Gasteiger partial charge in [0.2, 0.25) is 0 Å². The molecule has 6 heteroatoms. The minimum Gasteiger partial charge on any atom is -0.492 e. The smallest absolute Gasteiger partial charge is 0.137 e. The van der Waals surface area contributed by atoms with Crippen LogP contribution in [0.4, 0.5) is 0 Å². The van der Waals surface area contributed by atoms with Gasteiger partial charge in [-0.2, -0.15) is 0 Å². The van der Waals surface area contributed by atoms with Gasteiger partial charge in [0, 0.05) is 49.0 Å². The summed E-state index contributed by atoms with van der Waals surface area (Å²) < 4.78 is 8.21. The summed E-state index contributed by atoms with van der Waals surface area (Å²) in [5, 5.41) is 2.14. The molecule has 0 unspecified atom stereocenters. The van der Waals surface area contributed by atoms with Crippen molar-refractivity contribution in [1.29, 1.82) is 0 Å². The molecule has 0 aromatic carbocycles. The van der Waals surface area contributed by atoms with Crippen LogP contribution in [-0.4, -0.2) is 32.6 Å². The Bertz CT molecular complexity index is 756. The van der Waals surface area contributed by atoms with Gasteiger partial charge in [0.15, 0.2) is 0 Å². The molecule has 0 fully saturated rings. The van der Waals surface area contributed by atoms with Crippen molar-refractivity contribution in [2.24, 2.45) is 5.92 Å². The van der Waals surface area contributed by atoms with Crippen LogP contribution in [0.15, 0.2) is 54.4 Å². The number of fused-ring (bicyclic) bond motifs is 1. The predicted octanol–water partition coefficient (Wildman–Crippen LogP) is 3.05. The summed E-state index contributed by atoms with van der Waals surface area (Å²) in [6.07, 6.45) is 7.49. The maximum Gasteiger partial charge on any atom is 0.137 e. The van der Waals surface area contributed by atoms with Crippen LogP contribution >= 0.6 is 11.3 Å². The molecule has 1 atom stereocenters. The summed E-state index contributed by atoms with van der Waals surface area (Å²) in [6.45, 7) is 4.48. The van der Waals surface area contributed by atoms with Gasteiger partial charge in [0.1, 0.15) is 11.6 Å². The van der Waals surface area contributed by atoms with E-state index in [1.54, 1.807) is 12.4 Å². The summed E-state index contributed by atoms with van der Waals surface area (Å²) in [6, 6.07) is 8.17. The molecule has 0 bridgehead atoms. The van der Waals surface area contributed by atoms with E-state index in [9.17, 15) is 0 Å². The number of rotatable bonds is 5. The lowest BCUT2D eigenvalue weighted by atomic mass is 10.1. The number of imidazole rings is 1. The van der Waals surface area contributed by atoms with Crippen LogP contribution in [0.1, 0.15) is 10.7 Å². The van der Waals surface area contributed by atoms with E-state index in [4.69, 9.17) is 4.74 Å². The van der Waals surface area contributed by atoms with E-state index in [0.717, 1.165) is 37.8 Å². The van der Waals surface area contributed by atoms with Gasteiger partial charge in [-0.05, 0) is 23.6 Å². The van der Waals surface area contributed by atoms with E-state index in [-0.39, 0.29) is 0 Å². The Hall–Kier alpha value is -2.18. The summed E-state index contributed by atoms with van der Waals surface area (Å²) >= 11 is 1.81. The zero-order chi connectivity index (χ0) is 16.2. The first kappa shape index (κ1) is 15.4. The van der Waals surface area contributed by atoms with Gasteiger partial charge in [-0.15, -0.1) is 11.3 Å². The molecule has 0 aliphatic carbocycles. The number of ether oxygens (including phenoxy) is 1. The zero-order valence-electron chi connectivity index (χ0n) is 13.4. The van der Waals surface area contributed by atoms with E-state index in [2.05, 4.69) is 43.1 Å². The number of aromatic nitrogens is 3. The molecule has 3 aromatic rings. The molecule has 0 saturated heterocycles. The molecule has 124 valence electrons. The molecular formula is C18H20N4OS. The van der Waals surface area contributed by atoms with E-state index in [1.807, 2.05) is 29.7 Å². The molecule has 0 spiro atoms. The summed E-state index contributed by atoms with van der Waals surface area (Å²) in [5.74, 6) is 2.38. The maximum absolute atomic E-state index is 5.96. The van der Waals surface area contributed by atoms with Crippen molar-refractivity contribution in [2.75, 3.05) is 13.2 Å². The average molecular weight is 340 g/mol. The number of hydrogen-bond donors (Lipinski definition) is 0. The zero-order valence-corrected chi connectivity index (χ0v) is 14.2. The fourth-order valence-corrected chi connectivity index (χ4v) is 3.87. The van der Waals surface area contributed by atoms with E-state index < -0.39 is 0 Å². The first-order valence-electron chi connectivity index (χ1n) is 8.14. The monoisotopic (exact) mass is 340 g/mol. The average Bonchev–Trinajstić information content (AvgIpc) is 3.23. The number of pyridine rings is 1. The van der Waals surface area contributed by atoms with Gasteiger partial charge < -0.3 is 9.30 Å². The highest BCUT2D eigenvalue weighted by molar-refractivity contribution is 7.09. The Morgan fingerprint density at radius 2 is 2.21 bits per heavy atom. The topological polar surface area (TPSA) is 43.2 Å². The predicted molar refractivity (Wildman–Crippen MR) is 93.9 cm³/mol. The Balaban J connectivity index is 1.46. The minimum atomic E-state index is 0.417. The van der Waals surface area contributed by atoms with Gasteiger partial charge in [-0.25, -0.2) is 4.98 Å². The first-order valence-corrected chi connectivity index (χ1v) is 9.02. The molecule has 0 N–H and O–H groups in total. The van der Waals surface area contributed by atoms with Crippen molar-refractivity contribution in [3.05, 3.63) is 65.1 Å². The highest BCUT2D eigenvalue weighted by Gasteiger charge is 2.23. The van der Waals surface area contributed by atoms with Crippen LogP contribution in [0.3, 0.4) is 0 Å². The van der Waals surface area contributed by atoms with Crippen LogP contribution in [0.2, 0.25) is 0 Å². The van der Waals surface area contributed by atoms with E-state index in [1.165, 1.54) is 4.88 Å². The van der Waals surface area contributed by atoms with Crippen molar-refractivity contribution in [3.8, 4) is 5.75 Å². The molecule has 5 nitrogen and oxygen atoms in total. The summed E-state index contributed by atoms with van der Waals surface area (Å²) in [4.78, 5) is 12.5. The molecule has 4 heterocycles. The Morgan fingerprint density at radius 3 is 3.04 bits per heavy atom. The highest BCUT2D eigenvalue weighted by atomic mass is 32.1. The molecule has 0 saturated carbocycles. The molecule has 4 rings (SSSR count). The molecule has 1 aliphatic rings. The Labute approximate surface area is 145 Å².